The van der Waals surface area contributed by atoms with Crippen molar-refractivity contribution in [2.75, 3.05) is 5.73 Å². The van der Waals surface area contributed by atoms with Crippen molar-refractivity contribution in [3.05, 3.63) is 33.7 Å². The molecule has 0 atom stereocenters. The summed E-state index contributed by atoms with van der Waals surface area (Å²) in [6.07, 6.45) is 4.24. The van der Waals surface area contributed by atoms with E-state index >= 15 is 0 Å². The number of nitrogens with two attached hydrogens (primary N) is 1. The van der Waals surface area contributed by atoms with Crippen LogP contribution in [0.2, 0.25) is 0 Å². The molecule has 1 heterocycles. The van der Waals surface area contributed by atoms with Crippen LogP contribution >= 0.6 is 15.9 Å². The van der Waals surface area contributed by atoms with Crippen LogP contribution in [0.15, 0.2) is 16.6 Å². The molecule has 0 saturated carbocycles. The number of pyridine rings is 1. The molecule has 1 aromatic carbocycles. The van der Waals surface area contributed by atoms with Gasteiger partial charge in [0.15, 0.2) is 0 Å². The molecular formula is C13H12BrFN2. The molecule has 0 saturated heterocycles. The minimum atomic E-state index is -0.292. The summed E-state index contributed by atoms with van der Waals surface area (Å²) in [4.78, 5) is 4.54. The van der Waals surface area contributed by atoms with Gasteiger partial charge in [-0.1, -0.05) is 0 Å². The van der Waals surface area contributed by atoms with Crippen molar-refractivity contribution in [1.29, 1.82) is 0 Å². The van der Waals surface area contributed by atoms with Gasteiger partial charge in [0.05, 0.1) is 9.99 Å². The first kappa shape index (κ1) is 11.0. The largest absolute Gasteiger partial charge is 0.398 e. The Bertz CT molecular complexity index is 610. The third-order valence-corrected chi connectivity index (χ3v) is 3.96. The predicted octanol–water partition coefficient (Wildman–Crippen LogP) is 3.60. The van der Waals surface area contributed by atoms with E-state index in [4.69, 9.17) is 5.73 Å². The van der Waals surface area contributed by atoms with E-state index in [9.17, 15) is 4.39 Å². The van der Waals surface area contributed by atoms with Crippen molar-refractivity contribution in [3.8, 4) is 0 Å². The number of hydrogen-bond donors (Lipinski definition) is 1. The summed E-state index contributed by atoms with van der Waals surface area (Å²) in [6, 6.07) is 3.17. The minimum absolute atomic E-state index is 0.292. The van der Waals surface area contributed by atoms with E-state index in [1.54, 1.807) is 6.07 Å². The van der Waals surface area contributed by atoms with Gasteiger partial charge in [0.2, 0.25) is 0 Å². The van der Waals surface area contributed by atoms with Crippen molar-refractivity contribution < 1.29 is 4.39 Å². The molecule has 1 aromatic heterocycles. The summed E-state index contributed by atoms with van der Waals surface area (Å²) in [5, 5.41) is 0.846. The van der Waals surface area contributed by atoms with Crippen LogP contribution in [0.4, 0.5) is 10.1 Å². The topological polar surface area (TPSA) is 38.9 Å². The summed E-state index contributed by atoms with van der Waals surface area (Å²) in [5.41, 5.74) is 9.80. The lowest BCUT2D eigenvalue weighted by Gasteiger charge is -2.18. The zero-order chi connectivity index (χ0) is 12.0. The molecule has 0 bridgehead atoms. The Hall–Kier alpha value is -1.16. The lowest BCUT2D eigenvalue weighted by molar-refractivity contribution is 0.622. The maximum atomic E-state index is 13.5. The van der Waals surface area contributed by atoms with Gasteiger partial charge in [-0.05, 0) is 53.2 Å². The summed E-state index contributed by atoms with van der Waals surface area (Å²) < 4.78 is 13.9. The highest BCUT2D eigenvalue weighted by molar-refractivity contribution is 9.10. The van der Waals surface area contributed by atoms with Crippen LogP contribution in [0.1, 0.15) is 24.1 Å². The summed E-state index contributed by atoms with van der Waals surface area (Å²) in [6.45, 7) is 0. The van der Waals surface area contributed by atoms with Crippen LogP contribution in [0.25, 0.3) is 10.9 Å². The first-order valence-corrected chi connectivity index (χ1v) is 6.52. The third kappa shape index (κ3) is 1.71. The van der Waals surface area contributed by atoms with E-state index in [1.807, 2.05) is 0 Å². The van der Waals surface area contributed by atoms with E-state index in [0.29, 0.717) is 9.99 Å². The van der Waals surface area contributed by atoms with E-state index in [1.165, 1.54) is 6.07 Å². The van der Waals surface area contributed by atoms with Crippen LogP contribution in [0.5, 0.6) is 0 Å². The monoisotopic (exact) mass is 294 g/mol. The average Bonchev–Trinajstić information content (AvgIpc) is 2.32. The number of rotatable bonds is 0. The molecule has 2 N–H and O–H groups in total. The highest BCUT2D eigenvalue weighted by Crippen LogP contribution is 2.33. The Balaban J connectivity index is 2.36. The number of fused-ring (bicyclic) bond motifs is 2. The zero-order valence-electron chi connectivity index (χ0n) is 9.26. The minimum Gasteiger partial charge on any atom is -0.398 e. The first-order chi connectivity index (χ1) is 8.16. The molecule has 0 fully saturated rings. The molecule has 0 aliphatic heterocycles. The number of aromatic nitrogens is 1. The number of hydrogen-bond acceptors (Lipinski definition) is 2. The second-order valence-electron chi connectivity index (χ2n) is 4.44. The van der Waals surface area contributed by atoms with Gasteiger partial charge in [-0.3, -0.25) is 4.98 Å². The maximum Gasteiger partial charge on any atom is 0.139 e. The molecular weight excluding hydrogens is 283 g/mol. The number of benzene rings is 1. The number of halogens is 2. The smallest absolute Gasteiger partial charge is 0.139 e. The quantitative estimate of drug-likeness (QED) is 0.806. The Morgan fingerprint density at radius 3 is 2.82 bits per heavy atom. The first-order valence-electron chi connectivity index (χ1n) is 5.73. The van der Waals surface area contributed by atoms with Crippen LogP contribution in [0, 0.1) is 5.82 Å². The fourth-order valence-corrected chi connectivity index (χ4v) is 2.80. The molecule has 0 radical (unpaired) electrons. The Morgan fingerprint density at radius 1 is 1.24 bits per heavy atom. The highest BCUT2D eigenvalue weighted by atomic mass is 79.9. The third-order valence-electron chi connectivity index (χ3n) is 3.35. The summed E-state index contributed by atoms with van der Waals surface area (Å²) in [7, 11) is 0. The van der Waals surface area contributed by atoms with Gasteiger partial charge in [0, 0.05) is 22.8 Å². The van der Waals surface area contributed by atoms with E-state index in [2.05, 4.69) is 20.9 Å². The molecule has 4 heteroatoms. The second-order valence-corrected chi connectivity index (χ2v) is 5.30. The zero-order valence-corrected chi connectivity index (χ0v) is 10.8. The van der Waals surface area contributed by atoms with Gasteiger partial charge >= 0.3 is 0 Å². The Kier molecular flexibility index (Phi) is 2.54. The van der Waals surface area contributed by atoms with Crippen molar-refractivity contribution in [2.24, 2.45) is 0 Å². The lowest BCUT2D eigenvalue weighted by Crippen LogP contribution is -2.09. The molecule has 2 nitrogen and oxygen atoms in total. The molecule has 0 unspecified atom stereocenters. The number of aryl methyl sites for hydroxylation is 1. The van der Waals surface area contributed by atoms with E-state index < -0.39 is 0 Å². The Morgan fingerprint density at radius 2 is 2.00 bits per heavy atom. The molecule has 17 heavy (non-hydrogen) atoms. The van der Waals surface area contributed by atoms with Gasteiger partial charge in [-0.2, -0.15) is 0 Å². The number of nitrogen functional groups attached to an aromatic ring is 1. The fourth-order valence-electron chi connectivity index (χ4n) is 2.46. The van der Waals surface area contributed by atoms with E-state index in [0.717, 1.165) is 48.0 Å². The Labute approximate surface area is 107 Å². The van der Waals surface area contributed by atoms with Crippen LogP contribution in [-0.4, -0.2) is 4.98 Å². The molecule has 0 amide bonds. The molecule has 88 valence electrons. The van der Waals surface area contributed by atoms with Crippen LogP contribution in [-0.2, 0) is 12.8 Å². The van der Waals surface area contributed by atoms with Crippen LogP contribution in [0.3, 0.4) is 0 Å². The van der Waals surface area contributed by atoms with Gasteiger partial charge in [-0.25, -0.2) is 4.39 Å². The van der Waals surface area contributed by atoms with Gasteiger partial charge in [0.1, 0.15) is 5.82 Å². The van der Waals surface area contributed by atoms with Crippen molar-refractivity contribution in [1.82, 2.24) is 4.98 Å². The normalized spacial score (nSPS) is 14.9. The van der Waals surface area contributed by atoms with Gasteiger partial charge in [0.25, 0.3) is 0 Å². The summed E-state index contributed by atoms with van der Waals surface area (Å²) >= 11 is 3.19. The maximum absolute atomic E-state index is 13.5. The molecule has 1 aliphatic carbocycles. The van der Waals surface area contributed by atoms with Crippen molar-refractivity contribution in [3.63, 3.8) is 0 Å². The molecule has 0 spiro atoms. The summed E-state index contributed by atoms with van der Waals surface area (Å²) in [5.74, 6) is -0.292. The van der Waals surface area contributed by atoms with Crippen molar-refractivity contribution >= 4 is 32.5 Å². The number of anilines is 1. The average molecular weight is 295 g/mol. The van der Waals surface area contributed by atoms with Gasteiger partial charge < -0.3 is 5.73 Å². The molecule has 1 aliphatic rings. The SMILES string of the molecule is Nc1c2c(nc3cc(F)c(Br)cc13)CCCC2. The molecule has 2 aromatic rings. The highest BCUT2D eigenvalue weighted by Gasteiger charge is 2.17. The van der Waals surface area contributed by atoms with E-state index in [-0.39, 0.29) is 5.82 Å². The number of nitrogens with zero attached hydrogens (tertiary/aromatic N) is 1. The molecule has 3 rings (SSSR count). The lowest BCUT2D eigenvalue weighted by atomic mass is 9.93. The van der Waals surface area contributed by atoms with Crippen molar-refractivity contribution in [2.45, 2.75) is 25.7 Å². The fraction of sp³-hybridized carbons (Fsp3) is 0.308. The van der Waals surface area contributed by atoms with Gasteiger partial charge in [-0.15, -0.1) is 0 Å². The predicted molar refractivity (Wildman–Crippen MR) is 70.5 cm³/mol. The van der Waals surface area contributed by atoms with Crippen LogP contribution < -0.4 is 5.73 Å². The standard InChI is InChI=1S/C13H12BrFN2/c14-9-5-8-12(6-10(9)15)17-11-4-2-1-3-7(11)13(8)16/h5-6H,1-4H2,(H2,16,17). The second kappa shape index (κ2) is 3.95.